The fourth-order valence-corrected chi connectivity index (χ4v) is 2.97. The lowest BCUT2D eigenvalue weighted by atomic mass is 9.83. The first kappa shape index (κ1) is 13.6. The number of nitriles is 1. The summed E-state index contributed by atoms with van der Waals surface area (Å²) in [6.45, 7) is 2.10. The topological polar surface area (TPSA) is 50.1 Å². The Kier molecular flexibility index (Phi) is 4.21. The van der Waals surface area contributed by atoms with Crippen LogP contribution in [0, 0.1) is 23.2 Å². The quantitative estimate of drug-likeness (QED) is 0.831. The number of carbonyl (C=O) groups is 1. The molecule has 0 saturated heterocycles. The molecule has 1 saturated carbocycles. The number of Topliss-reactive ketones (excluding diaryl/α,β-unsaturated/α-hetero) is 1. The van der Waals surface area contributed by atoms with Gasteiger partial charge >= 0.3 is 0 Å². The monoisotopic (exact) mass is 257 g/mol. The van der Waals surface area contributed by atoms with Crippen molar-refractivity contribution in [3.8, 4) is 11.8 Å². The Bertz CT molecular complexity index is 504. The highest BCUT2D eigenvalue weighted by molar-refractivity contribution is 5.91. The maximum atomic E-state index is 12.6. The highest BCUT2D eigenvalue weighted by Gasteiger charge is 2.35. The average molecular weight is 257 g/mol. The summed E-state index contributed by atoms with van der Waals surface area (Å²) in [6.07, 6.45) is 3.08. The summed E-state index contributed by atoms with van der Waals surface area (Å²) in [5.41, 5.74) is 0.691. The first-order chi connectivity index (χ1) is 9.19. The summed E-state index contributed by atoms with van der Waals surface area (Å²) in [5, 5.41) is 9.39. The number of rotatable bonds is 4. The molecular weight excluding hydrogens is 238 g/mol. The molecule has 100 valence electrons. The van der Waals surface area contributed by atoms with Gasteiger partial charge in [0.1, 0.15) is 11.7 Å². The minimum Gasteiger partial charge on any atom is -0.496 e. The summed E-state index contributed by atoms with van der Waals surface area (Å²) in [4.78, 5) is 12.6. The number of hydrogen-bond donors (Lipinski definition) is 0. The van der Waals surface area contributed by atoms with Gasteiger partial charge in [-0.3, -0.25) is 4.79 Å². The molecule has 3 nitrogen and oxygen atoms in total. The zero-order valence-corrected chi connectivity index (χ0v) is 11.4. The van der Waals surface area contributed by atoms with Gasteiger partial charge in [-0.05, 0) is 24.8 Å². The van der Waals surface area contributed by atoms with Crippen LogP contribution in [-0.2, 0) is 4.79 Å². The lowest BCUT2D eigenvalue weighted by molar-refractivity contribution is -0.124. The van der Waals surface area contributed by atoms with E-state index >= 15 is 0 Å². The Morgan fingerprint density at radius 3 is 2.74 bits per heavy atom. The predicted molar refractivity (Wildman–Crippen MR) is 72.9 cm³/mol. The summed E-state index contributed by atoms with van der Waals surface area (Å²) in [5.74, 6) is 0.374. The number of methoxy groups -OCH3 is 1. The van der Waals surface area contributed by atoms with E-state index in [4.69, 9.17) is 4.74 Å². The SMILES string of the molecule is COc1ccccc1C(C#N)C(=O)C1CCCC1C. The first-order valence-corrected chi connectivity index (χ1v) is 6.75. The van der Waals surface area contributed by atoms with E-state index in [9.17, 15) is 10.1 Å². The van der Waals surface area contributed by atoms with Crippen LogP contribution in [0.25, 0.3) is 0 Å². The Morgan fingerprint density at radius 2 is 2.16 bits per heavy atom. The van der Waals surface area contributed by atoms with E-state index in [1.807, 2.05) is 18.2 Å². The fourth-order valence-electron chi connectivity index (χ4n) is 2.97. The molecule has 2 rings (SSSR count). The van der Waals surface area contributed by atoms with Crippen LogP contribution in [0.5, 0.6) is 5.75 Å². The van der Waals surface area contributed by atoms with E-state index in [1.165, 1.54) is 0 Å². The normalized spacial score (nSPS) is 23.6. The Hall–Kier alpha value is -1.82. The minimum atomic E-state index is -0.707. The van der Waals surface area contributed by atoms with Crippen molar-refractivity contribution in [2.24, 2.45) is 11.8 Å². The van der Waals surface area contributed by atoms with Gasteiger partial charge in [0.25, 0.3) is 0 Å². The molecular formula is C16H19NO2. The van der Waals surface area contributed by atoms with Crippen LogP contribution in [-0.4, -0.2) is 12.9 Å². The van der Waals surface area contributed by atoms with Crippen LogP contribution in [0.2, 0.25) is 0 Å². The number of nitrogens with zero attached hydrogens (tertiary/aromatic N) is 1. The van der Waals surface area contributed by atoms with Crippen LogP contribution in [0.3, 0.4) is 0 Å². The fraction of sp³-hybridized carbons (Fsp3) is 0.500. The van der Waals surface area contributed by atoms with Crippen molar-refractivity contribution in [1.29, 1.82) is 5.26 Å². The molecule has 0 aliphatic heterocycles. The molecule has 0 heterocycles. The molecule has 1 aliphatic rings. The number of benzene rings is 1. The van der Waals surface area contributed by atoms with Crippen molar-refractivity contribution >= 4 is 5.78 Å². The predicted octanol–water partition coefficient (Wildman–Crippen LogP) is 3.31. The third-order valence-corrected chi connectivity index (χ3v) is 4.09. The van der Waals surface area contributed by atoms with Gasteiger partial charge in [-0.2, -0.15) is 5.26 Å². The summed E-state index contributed by atoms with van der Waals surface area (Å²) < 4.78 is 5.26. The van der Waals surface area contributed by atoms with E-state index in [1.54, 1.807) is 13.2 Å². The molecule has 1 fully saturated rings. The van der Waals surface area contributed by atoms with Crippen LogP contribution >= 0.6 is 0 Å². The van der Waals surface area contributed by atoms with Crippen molar-refractivity contribution in [3.05, 3.63) is 29.8 Å². The largest absolute Gasteiger partial charge is 0.496 e. The van der Waals surface area contributed by atoms with Gasteiger partial charge in [0, 0.05) is 11.5 Å². The number of ether oxygens (including phenoxy) is 1. The molecule has 0 N–H and O–H groups in total. The third-order valence-electron chi connectivity index (χ3n) is 4.09. The van der Waals surface area contributed by atoms with Gasteiger partial charge in [0.15, 0.2) is 5.78 Å². The molecule has 3 unspecified atom stereocenters. The lowest BCUT2D eigenvalue weighted by Crippen LogP contribution is -2.23. The molecule has 1 aliphatic carbocycles. The Morgan fingerprint density at radius 1 is 1.42 bits per heavy atom. The molecule has 0 bridgehead atoms. The molecule has 0 spiro atoms. The average Bonchev–Trinajstić information content (AvgIpc) is 2.86. The second-order valence-corrected chi connectivity index (χ2v) is 5.22. The zero-order chi connectivity index (χ0) is 13.8. The number of ketones is 1. The van der Waals surface area contributed by atoms with Crippen LogP contribution < -0.4 is 4.74 Å². The van der Waals surface area contributed by atoms with Crippen LogP contribution in [0.4, 0.5) is 0 Å². The first-order valence-electron chi connectivity index (χ1n) is 6.75. The van der Waals surface area contributed by atoms with Gasteiger partial charge in [0.2, 0.25) is 0 Å². The molecule has 0 aromatic heterocycles. The van der Waals surface area contributed by atoms with E-state index in [0.29, 0.717) is 17.2 Å². The lowest BCUT2D eigenvalue weighted by Gasteiger charge is -2.19. The van der Waals surface area contributed by atoms with Gasteiger partial charge in [-0.25, -0.2) is 0 Å². The number of para-hydroxylation sites is 1. The smallest absolute Gasteiger partial charge is 0.157 e. The van der Waals surface area contributed by atoms with Crippen molar-refractivity contribution in [3.63, 3.8) is 0 Å². The van der Waals surface area contributed by atoms with Crippen molar-refractivity contribution in [2.45, 2.75) is 32.1 Å². The maximum absolute atomic E-state index is 12.6. The standard InChI is InChI=1S/C16H19NO2/c1-11-6-5-8-12(11)16(18)14(10-17)13-7-3-4-9-15(13)19-2/h3-4,7,9,11-12,14H,5-6,8H2,1-2H3. The molecule has 1 aromatic carbocycles. The highest BCUT2D eigenvalue weighted by atomic mass is 16.5. The van der Waals surface area contributed by atoms with Crippen LogP contribution in [0.15, 0.2) is 24.3 Å². The van der Waals surface area contributed by atoms with Crippen molar-refractivity contribution in [2.75, 3.05) is 7.11 Å². The van der Waals surface area contributed by atoms with Crippen molar-refractivity contribution in [1.82, 2.24) is 0 Å². The molecule has 19 heavy (non-hydrogen) atoms. The van der Waals surface area contributed by atoms with Gasteiger partial charge < -0.3 is 4.74 Å². The number of carbonyl (C=O) groups excluding carboxylic acids is 1. The molecule has 0 amide bonds. The van der Waals surface area contributed by atoms with E-state index in [-0.39, 0.29) is 11.7 Å². The third kappa shape index (κ3) is 2.63. The second kappa shape index (κ2) is 5.88. The zero-order valence-electron chi connectivity index (χ0n) is 11.4. The van der Waals surface area contributed by atoms with Gasteiger partial charge in [-0.1, -0.05) is 31.5 Å². The minimum absolute atomic E-state index is 0.0227. The van der Waals surface area contributed by atoms with E-state index in [2.05, 4.69) is 13.0 Å². The summed E-state index contributed by atoms with van der Waals surface area (Å²) in [7, 11) is 1.57. The van der Waals surface area contributed by atoms with Crippen LogP contribution in [0.1, 0.15) is 37.7 Å². The maximum Gasteiger partial charge on any atom is 0.157 e. The Labute approximate surface area is 114 Å². The van der Waals surface area contributed by atoms with Crippen molar-refractivity contribution < 1.29 is 9.53 Å². The molecule has 3 atom stereocenters. The van der Waals surface area contributed by atoms with Gasteiger partial charge in [0.05, 0.1) is 13.2 Å². The summed E-state index contributed by atoms with van der Waals surface area (Å²) >= 11 is 0. The molecule has 0 radical (unpaired) electrons. The number of hydrogen-bond acceptors (Lipinski definition) is 3. The van der Waals surface area contributed by atoms with Gasteiger partial charge in [-0.15, -0.1) is 0 Å². The Balaban J connectivity index is 2.30. The summed E-state index contributed by atoms with van der Waals surface area (Å²) in [6, 6.07) is 9.45. The second-order valence-electron chi connectivity index (χ2n) is 5.22. The van der Waals surface area contributed by atoms with E-state index in [0.717, 1.165) is 19.3 Å². The molecule has 1 aromatic rings. The van der Waals surface area contributed by atoms with E-state index < -0.39 is 5.92 Å². The highest BCUT2D eigenvalue weighted by Crippen LogP contribution is 2.37. The molecule has 3 heteroatoms.